The van der Waals surface area contributed by atoms with Crippen LogP contribution in [0.3, 0.4) is 0 Å². The van der Waals surface area contributed by atoms with E-state index < -0.39 is 21.0 Å². The third-order valence-electron chi connectivity index (χ3n) is 4.33. The zero-order valence-corrected chi connectivity index (χ0v) is 10.4. The number of nitrogens with two attached hydrogens (primary N) is 1. The summed E-state index contributed by atoms with van der Waals surface area (Å²) in [6.07, 6.45) is 5.42. The Labute approximate surface area is 97.1 Å². The molecule has 1 saturated carbocycles. The third-order valence-corrected chi connectivity index (χ3v) is 5.98. The highest BCUT2D eigenvalue weighted by atomic mass is 32.2. The van der Waals surface area contributed by atoms with Crippen LogP contribution in [0.1, 0.15) is 44.9 Å². The van der Waals surface area contributed by atoms with Gasteiger partial charge in [0.25, 0.3) is 0 Å². The minimum Gasteiger partial charge on any atom is -0.388 e. The van der Waals surface area contributed by atoms with E-state index in [0.717, 1.165) is 32.1 Å². The zero-order chi connectivity index (χ0) is 11.9. The summed E-state index contributed by atoms with van der Waals surface area (Å²) < 4.78 is 22.8. The van der Waals surface area contributed by atoms with Gasteiger partial charge in [-0.25, -0.2) is 8.42 Å². The van der Waals surface area contributed by atoms with E-state index in [-0.39, 0.29) is 11.5 Å². The summed E-state index contributed by atoms with van der Waals surface area (Å²) >= 11 is 0. The maximum absolute atomic E-state index is 11.4. The van der Waals surface area contributed by atoms with Gasteiger partial charge in [-0.15, -0.1) is 0 Å². The Hall–Kier alpha value is -0.130. The molecule has 1 heterocycles. The Morgan fingerprint density at radius 2 is 1.44 bits per heavy atom. The van der Waals surface area contributed by atoms with Crippen molar-refractivity contribution in [2.24, 2.45) is 5.73 Å². The molecule has 0 bridgehead atoms. The second-order valence-electron chi connectivity index (χ2n) is 5.40. The lowest BCUT2D eigenvalue weighted by Gasteiger charge is -2.48. The van der Waals surface area contributed by atoms with Crippen LogP contribution in [0.2, 0.25) is 0 Å². The number of aliphatic hydroxyl groups is 1. The summed E-state index contributed by atoms with van der Waals surface area (Å²) in [5.74, 6) is 0.262. The van der Waals surface area contributed by atoms with Gasteiger partial charge in [0.2, 0.25) is 0 Å². The number of hydrogen-bond donors (Lipinski definition) is 2. The quantitative estimate of drug-likeness (QED) is 0.710. The Bertz CT molecular complexity index is 343. The fraction of sp³-hybridized carbons (Fsp3) is 1.00. The van der Waals surface area contributed by atoms with Crippen molar-refractivity contribution in [2.45, 2.75) is 56.1 Å². The summed E-state index contributed by atoms with van der Waals surface area (Å²) in [5, 5.41) is 10.6. The van der Waals surface area contributed by atoms with Crippen LogP contribution >= 0.6 is 0 Å². The van der Waals surface area contributed by atoms with E-state index in [4.69, 9.17) is 5.73 Å². The molecule has 5 heteroatoms. The molecule has 1 aliphatic heterocycles. The summed E-state index contributed by atoms with van der Waals surface area (Å²) in [6, 6.07) is 0. The molecular formula is C11H21NO3S. The molecule has 0 atom stereocenters. The molecule has 4 nitrogen and oxygen atoms in total. The van der Waals surface area contributed by atoms with Crippen molar-refractivity contribution in [2.75, 3.05) is 11.5 Å². The van der Waals surface area contributed by atoms with Crippen LogP contribution in [0.15, 0.2) is 0 Å². The molecule has 2 aliphatic rings. The van der Waals surface area contributed by atoms with Gasteiger partial charge in [0.05, 0.1) is 17.1 Å². The smallest absolute Gasteiger partial charge is 0.150 e. The average Bonchev–Trinajstić information content (AvgIpc) is 2.24. The number of hydrogen-bond acceptors (Lipinski definition) is 4. The van der Waals surface area contributed by atoms with Crippen LogP contribution in [-0.2, 0) is 9.84 Å². The minimum absolute atomic E-state index is 0.131. The van der Waals surface area contributed by atoms with Crippen LogP contribution in [0.4, 0.5) is 0 Å². The van der Waals surface area contributed by atoms with Gasteiger partial charge >= 0.3 is 0 Å². The summed E-state index contributed by atoms with van der Waals surface area (Å²) in [6.45, 7) is 0. The average molecular weight is 247 g/mol. The first-order valence-corrected chi connectivity index (χ1v) is 7.91. The molecule has 3 N–H and O–H groups in total. The van der Waals surface area contributed by atoms with Crippen LogP contribution < -0.4 is 5.73 Å². The van der Waals surface area contributed by atoms with Crippen molar-refractivity contribution in [3.05, 3.63) is 0 Å². The van der Waals surface area contributed by atoms with Crippen molar-refractivity contribution in [3.8, 4) is 0 Å². The predicted octanol–water partition coefficient (Wildman–Crippen LogP) is 0.588. The highest BCUT2D eigenvalue weighted by Crippen LogP contribution is 2.41. The standard InChI is InChI=1S/C11H21NO3S/c12-10(6-8-16(14,15)9-7-10)11(13)4-2-1-3-5-11/h13H,1-9,12H2. The monoisotopic (exact) mass is 247 g/mol. The first-order valence-electron chi connectivity index (χ1n) is 6.09. The molecule has 1 aliphatic carbocycles. The summed E-state index contributed by atoms with van der Waals surface area (Å²) in [5.41, 5.74) is 4.76. The summed E-state index contributed by atoms with van der Waals surface area (Å²) in [4.78, 5) is 0. The highest BCUT2D eigenvalue weighted by Gasteiger charge is 2.50. The highest BCUT2D eigenvalue weighted by molar-refractivity contribution is 7.91. The molecule has 0 amide bonds. The van der Waals surface area contributed by atoms with Crippen molar-refractivity contribution in [1.82, 2.24) is 0 Å². The number of rotatable bonds is 1. The molecule has 0 aromatic heterocycles. The molecule has 1 saturated heterocycles. The Balaban J connectivity index is 2.13. The van der Waals surface area contributed by atoms with Gasteiger partial charge in [-0.1, -0.05) is 19.3 Å². The van der Waals surface area contributed by atoms with Crippen LogP contribution in [0.5, 0.6) is 0 Å². The lowest BCUT2D eigenvalue weighted by Crippen LogP contribution is -2.64. The molecule has 0 spiro atoms. The van der Waals surface area contributed by atoms with E-state index in [1.165, 1.54) is 0 Å². The van der Waals surface area contributed by atoms with E-state index in [0.29, 0.717) is 12.8 Å². The van der Waals surface area contributed by atoms with E-state index in [1.807, 2.05) is 0 Å². The summed E-state index contributed by atoms with van der Waals surface area (Å²) in [7, 11) is -2.91. The Kier molecular flexibility index (Phi) is 3.05. The van der Waals surface area contributed by atoms with E-state index >= 15 is 0 Å². The van der Waals surface area contributed by atoms with Gasteiger partial charge in [-0.3, -0.25) is 0 Å². The second kappa shape index (κ2) is 3.96. The first-order chi connectivity index (χ1) is 7.37. The molecule has 16 heavy (non-hydrogen) atoms. The van der Waals surface area contributed by atoms with Gasteiger partial charge in [-0.2, -0.15) is 0 Å². The van der Waals surface area contributed by atoms with Crippen molar-refractivity contribution >= 4 is 9.84 Å². The van der Waals surface area contributed by atoms with Crippen LogP contribution in [0, 0.1) is 0 Å². The maximum Gasteiger partial charge on any atom is 0.150 e. The van der Waals surface area contributed by atoms with Gasteiger partial charge in [0.15, 0.2) is 0 Å². The maximum atomic E-state index is 11.4. The van der Waals surface area contributed by atoms with Gasteiger partial charge < -0.3 is 10.8 Å². The van der Waals surface area contributed by atoms with Crippen molar-refractivity contribution in [3.63, 3.8) is 0 Å². The molecule has 0 aromatic rings. The molecule has 2 rings (SSSR count). The first kappa shape index (κ1) is 12.3. The SMILES string of the molecule is NC1(C2(O)CCCCC2)CCS(=O)(=O)CC1. The normalized spacial score (nSPS) is 32.1. The fourth-order valence-electron chi connectivity index (χ4n) is 3.00. The third kappa shape index (κ3) is 2.13. The van der Waals surface area contributed by atoms with Gasteiger partial charge in [0.1, 0.15) is 9.84 Å². The van der Waals surface area contributed by atoms with Crippen LogP contribution in [0.25, 0.3) is 0 Å². The lowest BCUT2D eigenvalue weighted by atomic mass is 9.68. The molecular weight excluding hydrogens is 226 g/mol. The van der Waals surface area contributed by atoms with Crippen molar-refractivity contribution in [1.29, 1.82) is 0 Å². The van der Waals surface area contributed by atoms with Crippen molar-refractivity contribution < 1.29 is 13.5 Å². The fourth-order valence-corrected chi connectivity index (χ4v) is 4.56. The molecule has 2 fully saturated rings. The lowest BCUT2D eigenvalue weighted by molar-refractivity contribution is -0.0683. The molecule has 94 valence electrons. The second-order valence-corrected chi connectivity index (χ2v) is 7.70. The van der Waals surface area contributed by atoms with E-state index in [2.05, 4.69) is 0 Å². The Morgan fingerprint density at radius 1 is 0.938 bits per heavy atom. The topological polar surface area (TPSA) is 80.4 Å². The molecule has 0 aromatic carbocycles. The Morgan fingerprint density at radius 3 is 1.94 bits per heavy atom. The zero-order valence-electron chi connectivity index (χ0n) is 9.61. The molecule has 0 radical (unpaired) electrons. The predicted molar refractivity (Wildman–Crippen MR) is 62.8 cm³/mol. The van der Waals surface area contributed by atoms with Crippen LogP contribution in [-0.4, -0.2) is 36.2 Å². The van der Waals surface area contributed by atoms with Gasteiger partial charge in [-0.05, 0) is 25.7 Å². The molecule has 0 unspecified atom stereocenters. The largest absolute Gasteiger partial charge is 0.388 e. The minimum atomic E-state index is -2.91. The van der Waals surface area contributed by atoms with Gasteiger partial charge in [0, 0.05) is 5.54 Å². The number of sulfone groups is 1. The van der Waals surface area contributed by atoms with E-state index in [9.17, 15) is 13.5 Å². The van der Waals surface area contributed by atoms with E-state index in [1.54, 1.807) is 0 Å².